The number of imidazole rings is 1. The monoisotopic (exact) mass is 409 g/mol. The minimum Gasteiger partial charge on any atom is -0.405 e. The molecule has 4 N–H and O–H groups in total. The van der Waals surface area contributed by atoms with Gasteiger partial charge in [-0.2, -0.15) is 4.98 Å². The van der Waals surface area contributed by atoms with Gasteiger partial charge in [-0.1, -0.05) is 13.8 Å². The summed E-state index contributed by atoms with van der Waals surface area (Å²) >= 11 is 0. The number of ether oxygens (including phenoxy) is 1. The molecule has 2 aromatic rings. The lowest BCUT2D eigenvalue weighted by atomic mass is 9.97. The zero-order valence-electron chi connectivity index (χ0n) is 16.7. The van der Waals surface area contributed by atoms with Crippen molar-refractivity contribution < 1.29 is 19.1 Å². The number of H-pyrrole nitrogens is 1. The van der Waals surface area contributed by atoms with E-state index < -0.39 is 38.4 Å². The smallest absolute Gasteiger partial charge is 0.280 e. The van der Waals surface area contributed by atoms with Crippen LogP contribution in [0.4, 0.5) is 5.95 Å². The summed E-state index contributed by atoms with van der Waals surface area (Å²) < 4.78 is 13.7. The first kappa shape index (κ1) is 20.6. The first-order valence-corrected chi connectivity index (χ1v) is 12.7. The van der Waals surface area contributed by atoms with Crippen LogP contribution in [0, 0.1) is 5.92 Å². The average Bonchev–Trinajstić information content (AvgIpc) is 3.14. The van der Waals surface area contributed by atoms with Crippen LogP contribution in [0.3, 0.4) is 0 Å². The van der Waals surface area contributed by atoms with Gasteiger partial charge in [0.15, 0.2) is 25.3 Å². The molecule has 0 bridgehead atoms. The molecule has 1 aliphatic rings. The summed E-state index contributed by atoms with van der Waals surface area (Å²) in [6.07, 6.45) is -1.60. The summed E-state index contributed by atoms with van der Waals surface area (Å²) in [5.74, 6) is -0.406. The number of fused-ring (bicyclic) bond motifs is 1. The van der Waals surface area contributed by atoms with Crippen molar-refractivity contribution in [2.45, 2.75) is 64.4 Å². The fourth-order valence-electron chi connectivity index (χ4n) is 3.27. The van der Waals surface area contributed by atoms with E-state index in [1.54, 1.807) is 18.4 Å². The number of Topliss-reactive ketones (excluding diaryl/α,β-unsaturated/α-hetero) is 1. The highest BCUT2D eigenvalue weighted by molar-refractivity contribution is 6.69. The summed E-state index contributed by atoms with van der Waals surface area (Å²) in [5.41, 5.74) is 5.58. The van der Waals surface area contributed by atoms with Crippen LogP contribution >= 0.6 is 0 Å². The largest absolute Gasteiger partial charge is 0.405 e. The van der Waals surface area contributed by atoms with Crippen molar-refractivity contribution in [2.75, 3.05) is 5.73 Å². The maximum atomic E-state index is 12.8. The van der Waals surface area contributed by atoms with Crippen LogP contribution in [-0.2, 0) is 14.0 Å². The Morgan fingerprint density at radius 1 is 1.46 bits per heavy atom. The number of ketones is 1. The quantitative estimate of drug-likeness (QED) is 0.594. The molecule has 1 unspecified atom stereocenters. The number of carbonyl (C=O) groups is 1. The Bertz CT molecular complexity index is 934. The molecule has 3 heterocycles. The van der Waals surface area contributed by atoms with Crippen LogP contribution in [0.5, 0.6) is 0 Å². The van der Waals surface area contributed by atoms with Crippen molar-refractivity contribution in [3.8, 4) is 0 Å². The van der Waals surface area contributed by atoms with Crippen LogP contribution in [0.15, 0.2) is 11.1 Å². The van der Waals surface area contributed by atoms with Crippen molar-refractivity contribution >= 4 is 31.2 Å². The topological polar surface area (TPSA) is 145 Å². The zero-order chi connectivity index (χ0) is 20.8. The molecule has 154 valence electrons. The number of hydrogen-bond donors (Lipinski definition) is 3. The molecule has 4 atom stereocenters. The van der Waals surface area contributed by atoms with E-state index in [4.69, 9.17) is 14.9 Å². The molecule has 0 saturated carbocycles. The normalized spacial score (nSPS) is 24.2. The van der Waals surface area contributed by atoms with Gasteiger partial charge in [-0.3, -0.25) is 19.1 Å². The number of nitrogens with one attached hydrogen (secondary N) is 1. The summed E-state index contributed by atoms with van der Waals surface area (Å²) in [6.45, 7) is 9.53. The van der Waals surface area contributed by atoms with Crippen LogP contribution in [0.1, 0.15) is 26.5 Å². The molecule has 1 aliphatic heterocycles. The second kappa shape index (κ2) is 7.39. The lowest BCUT2D eigenvalue weighted by Gasteiger charge is -2.31. The Morgan fingerprint density at radius 2 is 2.14 bits per heavy atom. The van der Waals surface area contributed by atoms with E-state index in [1.807, 2.05) is 19.6 Å². The van der Waals surface area contributed by atoms with Crippen molar-refractivity contribution in [2.24, 2.45) is 5.92 Å². The average molecular weight is 410 g/mol. The third-order valence-electron chi connectivity index (χ3n) is 4.53. The van der Waals surface area contributed by atoms with Gasteiger partial charge in [-0.25, -0.2) is 4.98 Å². The third kappa shape index (κ3) is 4.02. The molecule has 0 radical (unpaired) electrons. The van der Waals surface area contributed by atoms with E-state index >= 15 is 0 Å². The number of aliphatic hydroxyl groups is 1. The lowest BCUT2D eigenvalue weighted by Crippen LogP contribution is -2.48. The van der Waals surface area contributed by atoms with Gasteiger partial charge in [0.05, 0.1) is 12.4 Å². The molecule has 3 rings (SSSR count). The molecular formula is C17H27N5O5Si. The molecule has 10 nitrogen and oxygen atoms in total. The van der Waals surface area contributed by atoms with E-state index in [9.17, 15) is 14.7 Å². The third-order valence-corrected chi connectivity index (χ3v) is 5.49. The second-order valence-corrected chi connectivity index (χ2v) is 12.8. The number of hydrogen-bond acceptors (Lipinski definition) is 8. The molecule has 1 fully saturated rings. The van der Waals surface area contributed by atoms with Crippen molar-refractivity contribution in [3.63, 3.8) is 0 Å². The molecule has 0 aromatic carbocycles. The number of aromatic nitrogens is 4. The number of nitrogen functional groups attached to an aromatic ring is 1. The number of anilines is 1. The van der Waals surface area contributed by atoms with Gasteiger partial charge < -0.3 is 20.0 Å². The minimum atomic E-state index is -2.08. The summed E-state index contributed by atoms with van der Waals surface area (Å²) in [7, 11) is -2.08. The second-order valence-electron chi connectivity index (χ2n) is 8.34. The number of nitrogens with two attached hydrogens (primary N) is 1. The Labute approximate surface area is 163 Å². The summed E-state index contributed by atoms with van der Waals surface area (Å²) in [5, 5.41) is 10.6. The highest BCUT2D eigenvalue weighted by Crippen LogP contribution is 2.34. The van der Waals surface area contributed by atoms with E-state index in [2.05, 4.69) is 15.0 Å². The predicted octanol–water partition coefficient (Wildman–Crippen LogP) is 0.795. The van der Waals surface area contributed by atoms with Crippen molar-refractivity contribution in [3.05, 3.63) is 16.7 Å². The summed E-state index contributed by atoms with van der Waals surface area (Å²) in [4.78, 5) is 35.3. The van der Waals surface area contributed by atoms with E-state index in [0.29, 0.717) is 0 Å². The number of aromatic amines is 1. The van der Waals surface area contributed by atoms with Gasteiger partial charge in [0, 0.05) is 12.3 Å². The fourth-order valence-corrected chi connectivity index (χ4v) is 4.28. The van der Waals surface area contributed by atoms with Gasteiger partial charge in [-0.05, 0) is 19.6 Å². The zero-order valence-corrected chi connectivity index (χ0v) is 17.7. The lowest BCUT2D eigenvalue weighted by molar-refractivity contribution is -0.142. The van der Waals surface area contributed by atoms with Crippen molar-refractivity contribution in [1.82, 2.24) is 19.5 Å². The van der Waals surface area contributed by atoms with Crippen LogP contribution < -0.4 is 11.3 Å². The van der Waals surface area contributed by atoms with Gasteiger partial charge >= 0.3 is 0 Å². The van der Waals surface area contributed by atoms with Crippen molar-refractivity contribution in [1.29, 1.82) is 0 Å². The molecule has 28 heavy (non-hydrogen) atoms. The van der Waals surface area contributed by atoms with E-state index in [-0.39, 0.29) is 35.2 Å². The molecule has 0 spiro atoms. The SMILES string of the molecule is CC(C)C(=O)C(O[Si](C)(C)C)[C@H]1O[C@@H](n2cnc3c(=O)[nH]c(N)nc32)C[C@@H]1O. The molecule has 0 amide bonds. The maximum Gasteiger partial charge on any atom is 0.280 e. The van der Waals surface area contributed by atoms with Crippen LogP contribution in [0.25, 0.3) is 11.2 Å². The molecular weight excluding hydrogens is 382 g/mol. The van der Waals surface area contributed by atoms with E-state index in [0.717, 1.165) is 0 Å². The number of aliphatic hydroxyl groups excluding tert-OH is 1. The number of rotatable bonds is 6. The summed E-state index contributed by atoms with van der Waals surface area (Å²) in [6, 6.07) is 0. The van der Waals surface area contributed by atoms with E-state index in [1.165, 1.54) is 6.33 Å². The Hall–Kier alpha value is -2.08. The van der Waals surface area contributed by atoms with Gasteiger partial charge in [0.25, 0.3) is 5.56 Å². The maximum absolute atomic E-state index is 12.8. The Balaban J connectivity index is 1.93. The first-order chi connectivity index (χ1) is 13.0. The highest BCUT2D eigenvalue weighted by atomic mass is 28.4. The Kier molecular flexibility index (Phi) is 5.45. The standard InChI is InChI=1S/C17H27N5O5Si/c1-8(2)12(24)14(27-28(3,4)5)13-9(23)6-10(26-13)22-7-19-11-15(22)20-17(18)21-16(11)25/h7-10,13-14,23H,6H2,1-5H3,(H3,18,20,21,25)/t9-,10+,13-,14?/m0/s1. The highest BCUT2D eigenvalue weighted by Gasteiger charge is 2.45. The Morgan fingerprint density at radius 3 is 2.75 bits per heavy atom. The molecule has 0 aliphatic carbocycles. The molecule has 11 heteroatoms. The molecule has 1 saturated heterocycles. The number of carbonyl (C=O) groups excluding carboxylic acids is 1. The minimum absolute atomic E-state index is 0.0377. The van der Waals surface area contributed by atoms with Gasteiger partial charge in [0.2, 0.25) is 5.95 Å². The van der Waals surface area contributed by atoms with Gasteiger partial charge in [0.1, 0.15) is 18.4 Å². The van der Waals surface area contributed by atoms with Gasteiger partial charge in [-0.15, -0.1) is 0 Å². The fraction of sp³-hybridized carbons (Fsp3) is 0.647. The van der Waals surface area contributed by atoms with Crippen LogP contribution in [0.2, 0.25) is 19.6 Å². The predicted molar refractivity (Wildman–Crippen MR) is 105 cm³/mol. The molecule has 2 aromatic heterocycles. The first-order valence-electron chi connectivity index (χ1n) is 9.25. The number of nitrogens with zero attached hydrogens (tertiary/aromatic N) is 3. The van der Waals surface area contributed by atoms with Crippen LogP contribution in [-0.4, -0.2) is 57.0 Å².